The summed E-state index contributed by atoms with van der Waals surface area (Å²) in [5.74, 6) is 0.492. The van der Waals surface area contributed by atoms with E-state index in [1.165, 1.54) is 11.8 Å². The van der Waals surface area contributed by atoms with Crippen molar-refractivity contribution in [2.45, 2.75) is 52.6 Å². The van der Waals surface area contributed by atoms with E-state index in [-0.39, 0.29) is 11.7 Å². The molecule has 26 heavy (non-hydrogen) atoms. The molecule has 1 aliphatic heterocycles. The lowest BCUT2D eigenvalue weighted by Crippen LogP contribution is -2.42. The molecule has 0 bridgehead atoms. The van der Waals surface area contributed by atoms with Crippen molar-refractivity contribution in [3.63, 3.8) is 0 Å². The van der Waals surface area contributed by atoms with E-state index < -0.39 is 0 Å². The summed E-state index contributed by atoms with van der Waals surface area (Å²) in [5, 5.41) is 10.3. The molecular weight excluding hydrogens is 348 g/mol. The first-order valence-electron chi connectivity index (χ1n) is 8.67. The van der Waals surface area contributed by atoms with Gasteiger partial charge in [-0.15, -0.1) is 10.2 Å². The number of fused-ring (bicyclic) bond motifs is 1. The average molecular weight is 370 g/mol. The van der Waals surface area contributed by atoms with Crippen molar-refractivity contribution < 1.29 is 9.59 Å². The third-order valence-corrected chi connectivity index (χ3v) is 5.54. The van der Waals surface area contributed by atoms with Crippen LogP contribution < -0.4 is 5.01 Å². The average Bonchev–Trinajstić information content (AvgIpc) is 3.02. The van der Waals surface area contributed by atoms with Gasteiger partial charge >= 0.3 is 0 Å². The lowest BCUT2D eigenvalue weighted by atomic mass is 10.0. The molecule has 2 heterocycles. The van der Waals surface area contributed by atoms with Crippen LogP contribution in [0.5, 0.6) is 0 Å². The lowest BCUT2D eigenvalue weighted by Gasteiger charge is -2.33. The topological polar surface area (TPSA) is 68.1 Å². The molecule has 3 rings (SSSR count). The van der Waals surface area contributed by atoms with E-state index in [1.54, 1.807) is 16.6 Å². The molecule has 7 heteroatoms. The number of amides is 1. The van der Waals surface area contributed by atoms with Crippen LogP contribution in [-0.4, -0.2) is 26.6 Å². The van der Waals surface area contributed by atoms with Gasteiger partial charge in [0.25, 0.3) is 0 Å². The quantitative estimate of drug-likeness (QED) is 0.823. The van der Waals surface area contributed by atoms with Crippen LogP contribution in [0.4, 0.5) is 0 Å². The fraction of sp³-hybridized carbons (Fsp3) is 0.368. The predicted molar refractivity (Wildman–Crippen MR) is 102 cm³/mol. The summed E-state index contributed by atoms with van der Waals surface area (Å²) in [6, 6.07) is 6.00. The lowest BCUT2D eigenvalue weighted by molar-refractivity contribution is -0.119. The highest BCUT2D eigenvalue weighted by Crippen LogP contribution is 2.40. The smallest absolute Gasteiger partial charge is 0.246 e. The third-order valence-electron chi connectivity index (χ3n) is 4.48. The molecule has 0 unspecified atom stereocenters. The number of thioether (sulfide) groups is 1. The minimum Gasteiger partial charge on any atom is -0.294 e. The fourth-order valence-electron chi connectivity index (χ4n) is 2.85. The van der Waals surface area contributed by atoms with Crippen LogP contribution in [0.25, 0.3) is 5.70 Å². The first-order valence-corrected chi connectivity index (χ1v) is 9.48. The molecule has 1 aliphatic rings. The summed E-state index contributed by atoms with van der Waals surface area (Å²) in [6.07, 6.45) is 0.668. The standard InChI is InChI=1S/C19H22N4O2S/c1-6-15(24)18-17(14-9-8-11(3)12(4)10-14)23(16(25)7-2)22-13(5)20-21-19(22)26-18/h8-10H,6-7H2,1-5H3. The molecule has 0 atom stereocenters. The second-order valence-electron chi connectivity index (χ2n) is 6.26. The molecule has 0 radical (unpaired) electrons. The van der Waals surface area contributed by atoms with E-state index in [4.69, 9.17) is 0 Å². The van der Waals surface area contributed by atoms with E-state index in [9.17, 15) is 9.59 Å². The van der Waals surface area contributed by atoms with Crippen molar-refractivity contribution in [3.8, 4) is 0 Å². The number of ketones is 1. The SMILES string of the molecule is CCC(=O)C1=C(c2ccc(C)c(C)c2)N(C(=O)CC)n2c(C)nnc2S1. The van der Waals surface area contributed by atoms with Crippen LogP contribution >= 0.6 is 11.8 Å². The highest BCUT2D eigenvalue weighted by Gasteiger charge is 2.35. The first-order chi connectivity index (χ1) is 12.4. The van der Waals surface area contributed by atoms with E-state index in [0.29, 0.717) is 34.4 Å². The number of hydrogen-bond donors (Lipinski definition) is 0. The molecule has 6 nitrogen and oxygen atoms in total. The van der Waals surface area contributed by atoms with Gasteiger partial charge in [0.1, 0.15) is 0 Å². The van der Waals surface area contributed by atoms with Crippen molar-refractivity contribution in [3.05, 3.63) is 45.6 Å². The second kappa shape index (κ2) is 7.07. The van der Waals surface area contributed by atoms with Crippen molar-refractivity contribution in [2.24, 2.45) is 0 Å². The van der Waals surface area contributed by atoms with Gasteiger partial charge in [-0.2, -0.15) is 0 Å². The van der Waals surface area contributed by atoms with Crippen LogP contribution in [0, 0.1) is 20.8 Å². The third kappa shape index (κ3) is 2.96. The van der Waals surface area contributed by atoms with Gasteiger partial charge in [-0.1, -0.05) is 26.0 Å². The van der Waals surface area contributed by atoms with Crippen LogP contribution in [0.1, 0.15) is 49.2 Å². The Morgan fingerprint density at radius 1 is 1.04 bits per heavy atom. The number of aryl methyl sites for hydroxylation is 3. The van der Waals surface area contributed by atoms with Crippen molar-refractivity contribution in [2.75, 3.05) is 5.01 Å². The maximum absolute atomic E-state index is 12.9. The summed E-state index contributed by atoms with van der Waals surface area (Å²) in [4.78, 5) is 26.1. The number of carbonyl (C=O) groups is 2. The Labute approximate surface area is 157 Å². The van der Waals surface area contributed by atoms with Crippen LogP contribution in [0.2, 0.25) is 0 Å². The molecular formula is C19H22N4O2S. The zero-order chi connectivity index (χ0) is 19.0. The predicted octanol–water partition coefficient (Wildman–Crippen LogP) is 3.53. The molecule has 0 N–H and O–H groups in total. The van der Waals surface area contributed by atoms with Crippen LogP contribution in [0.15, 0.2) is 28.3 Å². The molecule has 1 aromatic carbocycles. The maximum Gasteiger partial charge on any atom is 0.246 e. The molecule has 0 aliphatic carbocycles. The summed E-state index contributed by atoms with van der Waals surface area (Å²) >= 11 is 1.28. The van der Waals surface area contributed by atoms with Gasteiger partial charge in [0.2, 0.25) is 11.1 Å². The number of aromatic nitrogens is 3. The van der Waals surface area contributed by atoms with Gasteiger partial charge < -0.3 is 0 Å². The zero-order valence-electron chi connectivity index (χ0n) is 15.7. The highest BCUT2D eigenvalue weighted by atomic mass is 32.2. The van der Waals surface area contributed by atoms with Crippen LogP contribution in [-0.2, 0) is 9.59 Å². The molecule has 1 aromatic heterocycles. The van der Waals surface area contributed by atoms with Gasteiger partial charge in [0.15, 0.2) is 11.6 Å². The van der Waals surface area contributed by atoms with Gasteiger partial charge in [-0.3, -0.25) is 9.59 Å². The van der Waals surface area contributed by atoms with Crippen molar-refractivity contribution in [1.29, 1.82) is 0 Å². The Kier molecular flexibility index (Phi) is 5.00. The maximum atomic E-state index is 12.9. The number of rotatable bonds is 4. The minimum atomic E-state index is -0.107. The fourth-order valence-corrected chi connectivity index (χ4v) is 3.97. The van der Waals surface area contributed by atoms with Crippen LogP contribution in [0.3, 0.4) is 0 Å². The molecule has 1 amide bonds. The summed E-state index contributed by atoms with van der Waals surface area (Å²) in [7, 11) is 0. The van der Waals surface area contributed by atoms with E-state index in [0.717, 1.165) is 16.7 Å². The summed E-state index contributed by atoms with van der Waals surface area (Å²) in [6.45, 7) is 9.50. The number of nitrogens with zero attached hydrogens (tertiary/aromatic N) is 4. The first kappa shape index (κ1) is 18.4. The Morgan fingerprint density at radius 2 is 1.77 bits per heavy atom. The molecule has 2 aromatic rings. The number of Topliss-reactive ketones (excluding diaryl/α,β-unsaturated/α-hetero) is 1. The molecule has 0 fully saturated rings. The number of carbonyl (C=O) groups excluding carboxylic acids is 2. The van der Waals surface area contributed by atoms with Gasteiger partial charge in [-0.25, -0.2) is 9.69 Å². The van der Waals surface area contributed by atoms with E-state index in [2.05, 4.69) is 10.2 Å². The number of hydrogen-bond acceptors (Lipinski definition) is 5. The number of allylic oxidation sites excluding steroid dienone is 1. The molecule has 0 spiro atoms. The largest absolute Gasteiger partial charge is 0.294 e. The Morgan fingerprint density at radius 3 is 2.38 bits per heavy atom. The molecule has 136 valence electrons. The second-order valence-corrected chi connectivity index (χ2v) is 7.23. The minimum absolute atomic E-state index is 0.0102. The normalized spacial score (nSPS) is 13.8. The molecule has 0 saturated heterocycles. The summed E-state index contributed by atoms with van der Waals surface area (Å²) in [5.41, 5.74) is 3.74. The zero-order valence-corrected chi connectivity index (χ0v) is 16.5. The Hall–Kier alpha value is -2.41. The van der Waals surface area contributed by atoms with Crippen molar-refractivity contribution >= 4 is 29.1 Å². The van der Waals surface area contributed by atoms with Gasteiger partial charge in [0, 0.05) is 18.4 Å². The van der Waals surface area contributed by atoms with Gasteiger partial charge in [-0.05, 0) is 49.7 Å². The monoisotopic (exact) mass is 370 g/mol. The van der Waals surface area contributed by atoms with Gasteiger partial charge in [0.05, 0.1) is 10.6 Å². The Bertz CT molecular complexity index is 930. The molecule has 0 saturated carbocycles. The highest BCUT2D eigenvalue weighted by molar-refractivity contribution is 8.04. The van der Waals surface area contributed by atoms with Crippen molar-refractivity contribution in [1.82, 2.24) is 14.9 Å². The van der Waals surface area contributed by atoms with E-state index in [1.807, 2.05) is 45.9 Å². The Balaban J connectivity index is 2.31. The number of benzene rings is 1. The summed E-state index contributed by atoms with van der Waals surface area (Å²) < 4.78 is 1.70. The van der Waals surface area contributed by atoms with E-state index >= 15 is 0 Å².